The average molecular weight is 160 g/mol. The zero-order valence-corrected chi connectivity index (χ0v) is 6.23. The molecule has 1 aliphatic rings. The van der Waals surface area contributed by atoms with E-state index < -0.39 is 15.4 Å². The lowest BCUT2D eigenvalue weighted by molar-refractivity contribution is 0.354. The van der Waals surface area contributed by atoms with E-state index in [4.69, 9.17) is 6.42 Å². The fraction of sp³-hybridized carbons (Fsp3) is 0.667. The first-order valence-corrected chi connectivity index (χ1v) is 4.45. The first kappa shape index (κ1) is 7.58. The topological polar surface area (TPSA) is 43.4 Å². The third-order valence-electron chi connectivity index (χ3n) is 1.44. The van der Waals surface area contributed by atoms with E-state index in [9.17, 15) is 8.42 Å². The highest BCUT2D eigenvalue weighted by Gasteiger charge is 2.31. The van der Waals surface area contributed by atoms with E-state index in [1.165, 1.54) is 0 Å². The van der Waals surface area contributed by atoms with Crippen molar-refractivity contribution >= 4 is 10.1 Å². The van der Waals surface area contributed by atoms with Crippen LogP contribution >= 0.6 is 0 Å². The highest BCUT2D eigenvalue weighted by molar-refractivity contribution is 7.87. The van der Waals surface area contributed by atoms with Gasteiger partial charge in [0.15, 0.2) is 0 Å². The van der Waals surface area contributed by atoms with Gasteiger partial charge in [-0.2, -0.15) is 8.42 Å². The van der Waals surface area contributed by atoms with Gasteiger partial charge in [-0.15, -0.1) is 12.3 Å². The zero-order valence-electron chi connectivity index (χ0n) is 5.41. The van der Waals surface area contributed by atoms with Crippen molar-refractivity contribution < 1.29 is 12.6 Å². The fourth-order valence-electron chi connectivity index (χ4n) is 0.872. The van der Waals surface area contributed by atoms with Gasteiger partial charge in [0.2, 0.25) is 0 Å². The predicted molar refractivity (Wildman–Crippen MR) is 36.7 cm³/mol. The Morgan fingerprint density at radius 2 is 2.40 bits per heavy atom. The summed E-state index contributed by atoms with van der Waals surface area (Å²) in [6.07, 6.45) is 5.76. The maximum absolute atomic E-state index is 10.8. The lowest BCUT2D eigenvalue weighted by Gasteiger charge is -1.99. The summed E-state index contributed by atoms with van der Waals surface area (Å²) >= 11 is 0. The number of hydrogen-bond donors (Lipinski definition) is 0. The Balaban J connectivity index is 2.72. The summed E-state index contributed by atoms with van der Waals surface area (Å²) < 4.78 is 26.2. The Morgan fingerprint density at radius 3 is 2.80 bits per heavy atom. The Morgan fingerprint density at radius 1 is 1.70 bits per heavy atom. The van der Waals surface area contributed by atoms with E-state index in [2.05, 4.69) is 10.1 Å². The van der Waals surface area contributed by atoms with Crippen molar-refractivity contribution in [3.63, 3.8) is 0 Å². The molecule has 0 saturated carbocycles. The first-order valence-electron chi connectivity index (χ1n) is 2.98. The van der Waals surface area contributed by atoms with Crippen LogP contribution in [0.25, 0.3) is 0 Å². The first-order chi connectivity index (χ1) is 4.67. The zero-order chi connectivity index (χ0) is 7.61. The Labute approximate surface area is 60.5 Å². The lowest BCUT2D eigenvalue weighted by atomic mass is 10.2. The van der Waals surface area contributed by atoms with Gasteiger partial charge in [0.25, 0.3) is 10.1 Å². The maximum atomic E-state index is 10.8. The molecule has 0 aromatic carbocycles. The van der Waals surface area contributed by atoms with Gasteiger partial charge in [0, 0.05) is 6.42 Å². The monoisotopic (exact) mass is 160 g/mol. The summed E-state index contributed by atoms with van der Waals surface area (Å²) in [6, 6.07) is 0. The van der Waals surface area contributed by atoms with Gasteiger partial charge in [0.05, 0.1) is 11.9 Å². The van der Waals surface area contributed by atoms with Crippen LogP contribution in [0.5, 0.6) is 0 Å². The summed E-state index contributed by atoms with van der Waals surface area (Å²) in [4.78, 5) is 0. The molecule has 1 unspecified atom stereocenters. The smallest absolute Gasteiger partial charge is 0.270 e. The molecule has 10 heavy (non-hydrogen) atoms. The molecule has 1 atom stereocenters. The molecule has 0 bridgehead atoms. The molecule has 0 radical (unpaired) electrons. The predicted octanol–water partition coefficient (Wildman–Crippen LogP) is 0.128. The van der Waals surface area contributed by atoms with Crippen LogP contribution in [0.3, 0.4) is 0 Å². The highest BCUT2D eigenvalue weighted by Crippen LogP contribution is 2.19. The van der Waals surface area contributed by atoms with Crippen molar-refractivity contribution in [2.75, 3.05) is 6.61 Å². The van der Waals surface area contributed by atoms with Crippen LogP contribution in [-0.2, 0) is 14.3 Å². The number of terminal acetylenes is 1. The van der Waals surface area contributed by atoms with Crippen LogP contribution in [0, 0.1) is 12.3 Å². The van der Waals surface area contributed by atoms with Gasteiger partial charge < -0.3 is 0 Å². The second kappa shape index (κ2) is 2.60. The van der Waals surface area contributed by atoms with E-state index in [1.54, 1.807) is 0 Å². The molecule has 1 saturated heterocycles. The Hall–Kier alpha value is -0.530. The van der Waals surface area contributed by atoms with Crippen LogP contribution in [0.15, 0.2) is 0 Å². The standard InChI is InChI=1S/C6H8O3S/c1-2-3-6-4-5-9-10(6,7)8/h1,6H,3-5H2. The lowest BCUT2D eigenvalue weighted by Crippen LogP contribution is -2.13. The molecule has 0 amide bonds. The van der Waals surface area contributed by atoms with E-state index in [0.29, 0.717) is 6.42 Å². The molecule has 0 N–H and O–H groups in total. The van der Waals surface area contributed by atoms with E-state index >= 15 is 0 Å². The maximum Gasteiger partial charge on any atom is 0.271 e. The average Bonchev–Trinajstić information content (AvgIpc) is 2.13. The second-order valence-electron chi connectivity index (χ2n) is 2.13. The molecule has 0 aliphatic carbocycles. The Kier molecular flexibility index (Phi) is 1.97. The van der Waals surface area contributed by atoms with Crippen molar-refractivity contribution in [1.29, 1.82) is 0 Å². The van der Waals surface area contributed by atoms with Crippen molar-refractivity contribution in [3.8, 4) is 12.3 Å². The molecule has 1 aliphatic heterocycles. The van der Waals surface area contributed by atoms with Crippen LogP contribution in [0.4, 0.5) is 0 Å². The minimum atomic E-state index is -3.29. The molecular formula is C6H8O3S. The van der Waals surface area contributed by atoms with E-state index in [-0.39, 0.29) is 13.0 Å². The van der Waals surface area contributed by atoms with Crippen LogP contribution < -0.4 is 0 Å². The SMILES string of the molecule is C#CCC1CCOS1(=O)=O. The molecule has 56 valence electrons. The van der Waals surface area contributed by atoms with Crippen LogP contribution in [0.2, 0.25) is 0 Å². The molecule has 0 aromatic rings. The normalized spacial score (nSPS) is 29.7. The van der Waals surface area contributed by atoms with Crippen molar-refractivity contribution in [2.45, 2.75) is 18.1 Å². The summed E-state index contributed by atoms with van der Waals surface area (Å²) in [5.41, 5.74) is 0. The Bertz CT molecular complexity index is 247. The van der Waals surface area contributed by atoms with Gasteiger partial charge in [-0.3, -0.25) is 4.18 Å². The minimum Gasteiger partial charge on any atom is -0.270 e. The molecule has 1 fully saturated rings. The largest absolute Gasteiger partial charge is 0.271 e. The molecule has 0 aromatic heterocycles. The van der Waals surface area contributed by atoms with E-state index in [0.717, 1.165) is 0 Å². The summed E-state index contributed by atoms with van der Waals surface area (Å²) in [7, 11) is -3.29. The molecule has 0 spiro atoms. The number of rotatable bonds is 1. The summed E-state index contributed by atoms with van der Waals surface area (Å²) in [5, 5.41) is -0.461. The van der Waals surface area contributed by atoms with Gasteiger partial charge in [-0.1, -0.05) is 0 Å². The van der Waals surface area contributed by atoms with Crippen LogP contribution in [0.1, 0.15) is 12.8 Å². The quantitative estimate of drug-likeness (QED) is 0.404. The van der Waals surface area contributed by atoms with Crippen LogP contribution in [-0.4, -0.2) is 20.3 Å². The molecule has 4 heteroatoms. The molecule has 3 nitrogen and oxygen atoms in total. The third kappa shape index (κ3) is 1.31. The summed E-state index contributed by atoms with van der Waals surface area (Å²) in [5.74, 6) is 2.31. The van der Waals surface area contributed by atoms with E-state index in [1.807, 2.05) is 0 Å². The van der Waals surface area contributed by atoms with Gasteiger partial charge >= 0.3 is 0 Å². The third-order valence-corrected chi connectivity index (χ3v) is 3.16. The molecular weight excluding hydrogens is 152 g/mol. The van der Waals surface area contributed by atoms with Crippen molar-refractivity contribution in [1.82, 2.24) is 0 Å². The van der Waals surface area contributed by atoms with Gasteiger partial charge in [-0.25, -0.2) is 0 Å². The minimum absolute atomic E-state index is 0.266. The second-order valence-corrected chi connectivity index (χ2v) is 4.02. The highest BCUT2D eigenvalue weighted by atomic mass is 32.2. The molecule has 1 heterocycles. The van der Waals surface area contributed by atoms with Gasteiger partial charge in [-0.05, 0) is 6.42 Å². The van der Waals surface area contributed by atoms with Crippen molar-refractivity contribution in [2.24, 2.45) is 0 Å². The van der Waals surface area contributed by atoms with Crippen molar-refractivity contribution in [3.05, 3.63) is 0 Å². The fourth-order valence-corrected chi connectivity index (χ4v) is 2.08. The summed E-state index contributed by atoms with van der Waals surface area (Å²) in [6.45, 7) is 0.286. The van der Waals surface area contributed by atoms with Gasteiger partial charge in [0.1, 0.15) is 0 Å². The molecule has 1 rings (SSSR count). The number of hydrogen-bond acceptors (Lipinski definition) is 3.